The van der Waals surface area contributed by atoms with Gasteiger partial charge in [0.15, 0.2) is 0 Å². The molecule has 0 bridgehead atoms. The van der Waals surface area contributed by atoms with Gasteiger partial charge < -0.3 is 9.64 Å². The number of benzene rings is 1. The van der Waals surface area contributed by atoms with Gasteiger partial charge in [0.1, 0.15) is 0 Å². The van der Waals surface area contributed by atoms with Gasteiger partial charge in [-0.05, 0) is 29.5 Å². The molecule has 26 heavy (non-hydrogen) atoms. The Bertz CT molecular complexity index is 682. The molecule has 1 fully saturated rings. The van der Waals surface area contributed by atoms with Crippen LogP contribution >= 0.6 is 0 Å². The molecule has 140 valence electrons. The topological polar surface area (TPSA) is 93.4 Å². The molecule has 0 radical (unpaired) electrons. The van der Waals surface area contributed by atoms with Crippen molar-refractivity contribution >= 4 is 11.9 Å². The Morgan fingerprint density at radius 3 is 2.23 bits per heavy atom. The monoisotopic (exact) mass is 357 g/mol. The zero-order valence-electron chi connectivity index (χ0n) is 14.1. The Labute approximate surface area is 154 Å². The van der Waals surface area contributed by atoms with Gasteiger partial charge in [-0.25, -0.2) is 15.8 Å². The summed E-state index contributed by atoms with van der Waals surface area (Å²) in [7, 11) is 0. The number of amides is 1. The highest BCUT2D eigenvalue weighted by atomic mass is 16.5. The maximum Gasteiger partial charge on any atom is 0.238 e. The number of nitrogens with zero attached hydrogens (tertiary/aromatic N) is 3. The molecular formula is C19H27N5O2. The molecule has 1 amide bonds. The lowest BCUT2D eigenvalue weighted by atomic mass is 10.0. The van der Waals surface area contributed by atoms with Crippen LogP contribution in [0.4, 0.5) is 5.95 Å². The summed E-state index contributed by atoms with van der Waals surface area (Å²) < 4.78 is 5.34. The lowest BCUT2D eigenvalue weighted by Gasteiger charge is -2.26. The molecule has 3 N–H and O–H groups in total. The van der Waals surface area contributed by atoms with E-state index in [1.807, 2.05) is 36.7 Å². The van der Waals surface area contributed by atoms with Crippen molar-refractivity contribution in [3.05, 3.63) is 53.3 Å². The van der Waals surface area contributed by atoms with Crippen LogP contribution in [0, 0.1) is 0 Å². The van der Waals surface area contributed by atoms with Crippen LogP contribution in [-0.2, 0) is 28.8 Å². The molecule has 1 aliphatic heterocycles. The number of hydrazine groups is 1. The van der Waals surface area contributed by atoms with Gasteiger partial charge in [0.05, 0.1) is 19.6 Å². The van der Waals surface area contributed by atoms with Gasteiger partial charge in [0, 0.05) is 25.5 Å². The highest BCUT2D eigenvalue weighted by Crippen LogP contribution is 2.12. The Morgan fingerprint density at radius 2 is 1.62 bits per heavy atom. The molecule has 0 unspecified atom stereocenters. The molecule has 0 aliphatic carbocycles. The molecule has 7 nitrogen and oxygen atoms in total. The van der Waals surface area contributed by atoms with Gasteiger partial charge in [0.2, 0.25) is 11.9 Å². The van der Waals surface area contributed by atoms with Crippen LogP contribution in [0.5, 0.6) is 0 Å². The van der Waals surface area contributed by atoms with E-state index >= 15 is 0 Å². The molecule has 0 atom stereocenters. The number of hydrogen-bond acceptors (Lipinski definition) is 6. The lowest BCUT2D eigenvalue weighted by Crippen LogP contribution is -2.37. The fourth-order valence-corrected chi connectivity index (χ4v) is 2.75. The number of aryl methyl sites for hydroxylation is 2. The van der Waals surface area contributed by atoms with Crippen molar-refractivity contribution in [2.24, 2.45) is 5.84 Å². The first-order valence-electron chi connectivity index (χ1n) is 8.45. The first-order valence-corrected chi connectivity index (χ1v) is 8.45. The minimum absolute atomic E-state index is 0. The predicted molar refractivity (Wildman–Crippen MR) is 102 cm³/mol. The Hall–Kier alpha value is -2.51. The summed E-state index contributed by atoms with van der Waals surface area (Å²) in [6.45, 7) is 3.14. The summed E-state index contributed by atoms with van der Waals surface area (Å²) in [5.41, 5.74) is 5.42. The number of rotatable bonds is 6. The molecule has 2 heterocycles. The molecule has 1 aromatic carbocycles. The first kappa shape index (κ1) is 19.8. The fourth-order valence-electron chi connectivity index (χ4n) is 2.75. The quantitative estimate of drug-likeness (QED) is 0.459. The van der Waals surface area contributed by atoms with Gasteiger partial charge in [-0.1, -0.05) is 31.7 Å². The van der Waals surface area contributed by atoms with E-state index in [9.17, 15) is 4.79 Å². The van der Waals surface area contributed by atoms with E-state index in [-0.39, 0.29) is 13.3 Å². The Kier molecular flexibility index (Phi) is 7.50. The van der Waals surface area contributed by atoms with Crippen LogP contribution in [0.2, 0.25) is 0 Å². The molecular weight excluding hydrogens is 330 g/mol. The van der Waals surface area contributed by atoms with Crippen molar-refractivity contribution in [3.8, 4) is 0 Å². The fraction of sp³-hybridized carbons (Fsp3) is 0.421. The second kappa shape index (κ2) is 9.84. The van der Waals surface area contributed by atoms with E-state index in [0.29, 0.717) is 6.42 Å². The van der Waals surface area contributed by atoms with Crippen molar-refractivity contribution < 1.29 is 9.53 Å². The molecule has 7 heteroatoms. The average molecular weight is 357 g/mol. The number of ether oxygens (including phenoxy) is 1. The van der Waals surface area contributed by atoms with Crippen molar-refractivity contribution in [2.45, 2.75) is 26.7 Å². The zero-order chi connectivity index (χ0) is 17.5. The molecule has 2 aromatic rings. The maximum absolute atomic E-state index is 11.3. The van der Waals surface area contributed by atoms with Gasteiger partial charge in [-0.15, -0.1) is 0 Å². The summed E-state index contributed by atoms with van der Waals surface area (Å²) >= 11 is 0. The third-order valence-electron chi connectivity index (χ3n) is 4.24. The van der Waals surface area contributed by atoms with Crippen molar-refractivity contribution in [1.29, 1.82) is 0 Å². The van der Waals surface area contributed by atoms with Crippen molar-refractivity contribution in [1.82, 2.24) is 15.4 Å². The van der Waals surface area contributed by atoms with E-state index in [1.54, 1.807) is 0 Å². The Balaban J connectivity index is 0.00000243. The molecule has 3 rings (SSSR count). The van der Waals surface area contributed by atoms with Gasteiger partial charge >= 0.3 is 0 Å². The summed E-state index contributed by atoms with van der Waals surface area (Å²) in [6, 6.07) is 8.01. The van der Waals surface area contributed by atoms with E-state index in [2.05, 4.69) is 20.3 Å². The van der Waals surface area contributed by atoms with Crippen LogP contribution < -0.4 is 16.2 Å². The van der Waals surface area contributed by atoms with Crippen LogP contribution in [0.1, 0.15) is 24.1 Å². The highest BCUT2D eigenvalue weighted by Gasteiger charge is 2.13. The summed E-state index contributed by atoms with van der Waals surface area (Å²) in [5, 5.41) is 0. The largest absolute Gasteiger partial charge is 0.378 e. The summed E-state index contributed by atoms with van der Waals surface area (Å²) in [4.78, 5) is 22.3. The van der Waals surface area contributed by atoms with Crippen LogP contribution in [0.25, 0.3) is 0 Å². The third-order valence-corrected chi connectivity index (χ3v) is 4.24. The second-order valence-corrected chi connectivity index (χ2v) is 6.05. The van der Waals surface area contributed by atoms with Crippen LogP contribution in [0.3, 0.4) is 0 Å². The van der Waals surface area contributed by atoms with Crippen molar-refractivity contribution in [3.63, 3.8) is 0 Å². The lowest BCUT2D eigenvalue weighted by molar-refractivity contribution is -0.120. The molecule has 1 aromatic heterocycles. The first-order chi connectivity index (χ1) is 12.2. The van der Waals surface area contributed by atoms with E-state index < -0.39 is 0 Å². The SMILES string of the molecule is C.NNC(=O)Cc1ccc(CCc2cnc(N3CCOCC3)nc2)cc1. The average Bonchev–Trinajstić information content (AvgIpc) is 2.68. The molecule has 0 saturated carbocycles. The van der Waals surface area contributed by atoms with E-state index in [4.69, 9.17) is 10.6 Å². The normalized spacial score (nSPS) is 13.8. The predicted octanol–water partition coefficient (Wildman–Crippen LogP) is 1.27. The number of carbonyl (C=O) groups excluding carboxylic acids is 1. The second-order valence-electron chi connectivity index (χ2n) is 6.05. The number of nitrogens with two attached hydrogens (primary N) is 1. The smallest absolute Gasteiger partial charge is 0.238 e. The molecule has 1 saturated heterocycles. The number of nitrogens with one attached hydrogen (secondary N) is 1. The van der Waals surface area contributed by atoms with Gasteiger partial charge in [-0.2, -0.15) is 0 Å². The van der Waals surface area contributed by atoms with E-state index in [1.165, 1.54) is 5.56 Å². The van der Waals surface area contributed by atoms with E-state index in [0.717, 1.165) is 56.2 Å². The number of aromatic nitrogens is 2. The van der Waals surface area contributed by atoms with Gasteiger partial charge in [0.25, 0.3) is 0 Å². The number of carbonyl (C=O) groups is 1. The minimum atomic E-state index is -0.190. The standard InChI is InChI=1S/C18H23N5O2.CH4/c19-22-17(24)11-15-4-1-14(2-5-15)3-6-16-12-20-18(21-13-16)23-7-9-25-10-8-23;/h1-2,4-5,12-13H,3,6-11,19H2,(H,22,24);1H4. The van der Waals surface area contributed by atoms with Gasteiger partial charge in [-0.3, -0.25) is 10.2 Å². The van der Waals surface area contributed by atoms with Crippen LogP contribution in [0.15, 0.2) is 36.7 Å². The molecule has 0 spiro atoms. The minimum Gasteiger partial charge on any atom is -0.378 e. The number of hydrogen-bond donors (Lipinski definition) is 2. The number of morpholine rings is 1. The summed E-state index contributed by atoms with van der Waals surface area (Å²) in [5.74, 6) is 5.68. The van der Waals surface area contributed by atoms with Crippen LogP contribution in [-0.4, -0.2) is 42.2 Å². The van der Waals surface area contributed by atoms with Crippen molar-refractivity contribution in [2.75, 3.05) is 31.2 Å². The molecule has 1 aliphatic rings. The Morgan fingerprint density at radius 1 is 1.04 bits per heavy atom. The third kappa shape index (κ3) is 5.50. The number of anilines is 1. The maximum atomic E-state index is 11.3. The zero-order valence-corrected chi connectivity index (χ0v) is 14.1. The summed E-state index contributed by atoms with van der Waals surface area (Å²) in [6.07, 6.45) is 5.89. The highest BCUT2D eigenvalue weighted by molar-refractivity contribution is 5.77.